The number of anilines is 1. The molecule has 9 heteroatoms. The van der Waals surface area contributed by atoms with E-state index in [2.05, 4.69) is 21.2 Å². The Bertz CT molecular complexity index is 1410. The van der Waals surface area contributed by atoms with Gasteiger partial charge in [0.1, 0.15) is 12.6 Å². The molecule has 0 unspecified atom stereocenters. The second kappa shape index (κ2) is 13.5. The zero-order chi connectivity index (χ0) is 28.7. The molecule has 3 aromatic carbocycles. The Morgan fingerprint density at radius 1 is 0.925 bits per heavy atom. The molecular formula is C31H36BrN3O4S. The molecular weight excluding hydrogens is 590 g/mol. The number of halogens is 1. The molecule has 2 amide bonds. The van der Waals surface area contributed by atoms with Gasteiger partial charge in [-0.25, -0.2) is 8.42 Å². The quantitative estimate of drug-likeness (QED) is 0.308. The summed E-state index contributed by atoms with van der Waals surface area (Å²) in [6.07, 6.45) is 5.17. The highest BCUT2D eigenvalue weighted by atomic mass is 79.9. The topological polar surface area (TPSA) is 86.8 Å². The lowest BCUT2D eigenvalue weighted by Gasteiger charge is -2.33. The minimum atomic E-state index is -4.07. The summed E-state index contributed by atoms with van der Waals surface area (Å²) in [6.45, 7) is 3.24. The fourth-order valence-electron chi connectivity index (χ4n) is 5.01. The van der Waals surface area contributed by atoms with Gasteiger partial charge in [-0.3, -0.25) is 13.9 Å². The van der Waals surface area contributed by atoms with Gasteiger partial charge in [0.15, 0.2) is 0 Å². The van der Waals surface area contributed by atoms with E-state index in [1.165, 1.54) is 23.5 Å². The number of hydrogen-bond donors (Lipinski definition) is 1. The average molecular weight is 627 g/mol. The smallest absolute Gasteiger partial charge is 0.264 e. The first-order valence-electron chi connectivity index (χ1n) is 13.6. The molecule has 1 N–H and O–H groups in total. The Morgan fingerprint density at radius 2 is 1.55 bits per heavy atom. The number of aryl methyl sites for hydroxylation is 1. The molecule has 1 aliphatic rings. The van der Waals surface area contributed by atoms with Gasteiger partial charge in [0.2, 0.25) is 11.8 Å². The molecule has 0 bridgehead atoms. The van der Waals surface area contributed by atoms with Gasteiger partial charge < -0.3 is 10.2 Å². The minimum Gasteiger partial charge on any atom is -0.352 e. The van der Waals surface area contributed by atoms with Crippen LogP contribution in [0.4, 0.5) is 5.69 Å². The molecule has 0 radical (unpaired) electrons. The fourth-order valence-corrected chi connectivity index (χ4v) is 6.78. The Balaban J connectivity index is 1.67. The molecule has 212 valence electrons. The lowest BCUT2D eigenvalue weighted by atomic mass is 9.95. The van der Waals surface area contributed by atoms with Crippen LogP contribution in [0, 0.1) is 6.92 Å². The number of carbonyl (C=O) groups excluding carboxylic acids is 2. The van der Waals surface area contributed by atoms with Gasteiger partial charge in [0.05, 0.1) is 10.6 Å². The first kappa shape index (κ1) is 29.8. The number of rotatable bonds is 10. The maximum absolute atomic E-state index is 14.1. The Kier molecular flexibility index (Phi) is 10.0. The SMILES string of the molecule is Cc1ccccc1N(CC(=O)N(Cc1ccc(Br)cc1)[C@H](C)C(=O)NC1CCCCC1)S(=O)(=O)c1ccccc1. The highest BCUT2D eigenvalue weighted by Crippen LogP contribution is 2.27. The Labute approximate surface area is 245 Å². The van der Waals surface area contributed by atoms with Gasteiger partial charge in [-0.15, -0.1) is 0 Å². The summed E-state index contributed by atoms with van der Waals surface area (Å²) in [7, 11) is -4.07. The number of nitrogens with one attached hydrogen (secondary N) is 1. The van der Waals surface area contributed by atoms with Crippen molar-refractivity contribution in [1.29, 1.82) is 0 Å². The molecule has 0 aliphatic heterocycles. The van der Waals surface area contributed by atoms with Gasteiger partial charge in [-0.1, -0.05) is 83.7 Å². The lowest BCUT2D eigenvalue weighted by molar-refractivity contribution is -0.139. The van der Waals surface area contributed by atoms with Crippen molar-refractivity contribution in [3.05, 3.63) is 94.5 Å². The summed E-state index contributed by atoms with van der Waals surface area (Å²) in [5.41, 5.74) is 1.97. The number of sulfonamides is 1. The summed E-state index contributed by atoms with van der Waals surface area (Å²) in [4.78, 5) is 29.0. The van der Waals surface area contributed by atoms with E-state index in [0.717, 1.165) is 45.6 Å². The van der Waals surface area contributed by atoms with Crippen LogP contribution in [0.1, 0.15) is 50.2 Å². The first-order valence-corrected chi connectivity index (χ1v) is 15.9. The molecule has 1 atom stereocenters. The normalized spacial score (nSPS) is 14.8. The average Bonchev–Trinajstić information content (AvgIpc) is 2.96. The van der Waals surface area contributed by atoms with E-state index in [1.807, 2.05) is 43.3 Å². The van der Waals surface area contributed by atoms with Crippen LogP contribution < -0.4 is 9.62 Å². The van der Waals surface area contributed by atoms with E-state index in [-0.39, 0.29) is 23.4 Å². The fraction of sp³-hybridized carbons (Fsp3) is 0.355. The largest absolute Gasteiger partial charge is 0.352 e. The molecule has 4 rings (SSSR count). The van der Waals surface area contributed by atoms with Crippen LogP contribution in [-0.4, -0.2) is 43.8 Å². The standard InChI is InChI=1S/C31H36BrN3O4S/c1-23-11-9-10-16-29(23)35(40(38,39)28-14-7-4-8-15-28)22-30(36)34(21-25-17-19-26(32)20-18-25)24(2)31(37)33-27-12-5-3-6-13-27/h4,7-11,14-20,24,27H,3,5-6,12-13,21-22H2,1-2H3,(H,33,37)/t24-/m1/s1. The van der Waals surface area contributed by atoms with Crippen molar-refractivity contribution in [1.82, 2.24) is 10.2 Å². The molecule has 1 fully saturated rings. The second-order valence-corrected chi connectivity index (χ2v) is 13.1. The predicted octanol–water partition coefficient (Wildman–Crippen LogP) is 5.82. The Hall–Kier alpha value is -3.17. The molecule has 7 nitrogen and oxygen atoms in total. The highest BCUT2D eigenvalue weighted by molar-refractivity contribution is 9.10. The molecule has 1 saturated carbocycles. The van der Waals surface area contributed by atoms with E-state index in [4.69, 9.17) is 0 Å². The van der Waals surface area contributed by atoms with E-state index >= 15 is 0 Å². The lowest BCUT2D eigenvalue weighted by Crippen LogP contribution is -2.53. The highest BCUT2D eigenvalue weighted by Gasteiger charge is 2.33. The van der Waals surface area contributed by atoms with Crippen LogP contribution >= 0.6 is 15.9 Å². The van der Waals surface area contributed by atoms with Crippen LogP contribution in [0.25, 0.3) is 0 Å². The van der Waals surface area contributed by atoms with Gasteiger partial charge >= 0.3 is 0 Å². The van der Waals surface area contributed by atoms with Gasteiger partial charge in [-0.2, -0.15) is 0 Å². The van der Waals surface area contributed by atoms with E-state index in [1.54, 1.807) is 37.3 Å². The third kappa shape index (κ3) is 7.31. The zero-order valence-electron chi connectivity index (χ0n) is 22.9. The van der Waals surface area contributed by atoms with Crippen LogP contribution in [0.2, 0.25) is 0 Å². The second-order valence-electron chi connectivity index (χ2n) is 10.3. The number of hydrogen-bond acceptors (Lipinski definition) is 4. The van der Waals surface area contributed by atoms with Gasteiger partial charge in [0, 0.05) is 17.1 Å². The van der Waals surface area contributed by atoms with E-state index < -0.39 is 28.5 Å². The molecule has 0 spiro atoms. The number of nitrogens with zero attached hydrogens (tertiary/aromatic N) is 2. The minimum absolute atomic E-state index is 0.0913. The summed E-state index contributed by atoms with van der Waals surface area (Å²) < 4.78 is 29.8. The molecule has 0 aromatic heterocycles. The third-order valence-electron chi connectivity index (χ3n) is 7.38. The monoisotopic (exact) mass is 625 g/mol. The molecule has 3 aromatic rings. The van der Waals surface area contributed by atoms with Gasteiger partial charge in [0.25, 0.3) is 10.0 Å². The Morgan fingerprint density at radius 3 is 2.20 bits per heavy atom. The maximum atomic E-state index is 14.1. The number of carbonyl (C=O) groups is 2. The van der Waals surface area contributed by atoms with Crippen LogP contribution in [0.5, 0.6) is 0 Å². The molecule has 1 aliphatic carbocycles. The first-order chi connectivity index (χ1) is 19.2. The summed E-state index contributed by atoms with van der Waals surface area (Å²) in [5.74, 6) is -0.692. The number of benzene rings is 3. The molecule has 40 heavy (non-hydrogen) atoms. The van der Waals surface area contributed by atoms with Crippen molar-refractivity contribution in [3.8, 4) is 0 Å². The predicted molar refractivity (Wildman–Crippen MR) is 161 cm³/mol. The van der Waals surface area contributed by atoms with Crippen molar-refractivity contribution < 1.29 is 18.0 Å². The number of para-hydroxylation sites is 1. The van der Waals surface area contributed by atoms with E-state index in [0.29, 0.717) is 5.69 Å². The van der Waals surface area contributed by atoms with Crippen LogP contribution in [0.15, 0.2) is 88.2 Å². The molecule has 0 saturated heterocycles. The van der Waals surface area contributed by atoms with E-state index in [9.17, 15) is 18.0 Å². The van der Waals surface area contributed by atoms with Gasteiger partial charge in [-0.05, 0) is 68.1 Å². The van der Waals surface area contributed by atoms with Crippen LogP contribution in [-0.2, 0) is 26.2 Å². The van der Waals surface area contributed by atoms with Crippen molar-refractivity contribution in [2.24, 2.45) is 0 Å². The van der Waals surface area contributed by atoms with Crippen LogP contribution in [0.3, 0.4) is 0 Å². The summed E-state index contributed by atoms with van der Waals surface area (Å²) in [6, 6.07) is 22.0. The number of amides is 2. The van der Waals surface area contributed by atoms with Crippen molar-refractivity contribution in [2.75, 3.05) is 10.8 Å². The van der Waals surface area contributed by atoms with Crippen molar-refractivity contribution in [2.45, 2.75) is 69.5 Å². The zero-order valence-corrected chi connectivity index (χ0v) is 25.3. The summed E-state index contributed by atoms with van der Waals surface area (Å²) >= 11 is 3.44. The summed E-state index contributed by atoms with van der Waals surface area (Å²) in [5, 5.41) is 3.13. The molecule has 0 heterocycles. The van der Waals surface area contributed by atoms with Crippen molar-refractivity contribution >= 4 is 43.5 Å². The third-order valence-corrected chi connectivity index (χ3v) is 9.68. The van der Waals surface area contributed by atoms with Crippen molar-refractivity contribution in [3.63, 3.8) is 0 Å². The maximum Gasteiger partial charge on any atom is 0.264 e.